The quantitative estimate of drug-likeness (QED) is 0.842. The van der Waals surface area contributed by atoms with E-state index < -0.39 is 11.6 Å². The van der Waals surface area contributed by atoms with Gasteiger partial charge in [0.1, 0.15) is 11.6 Å². The minimum atomic E-state index is -0.563. The summed E-state index contributed by atoms with van der Waals surface area (Å²) in [6, 6.07) is 3.02. The molecule has 18 heavy (non-hydrogen) atoms. The Morgan fingerprint density at radius 1 is 1.39 bits per heavy atom. The van der Waals surface area contributed by atoms with Crippen molar-refractivity contribution in [2.45, 2.75) is 32.4 Å². The molecule has 2 unspecified atom stereocenters. The van der Waals surface area contributed by atoms with Gasteiger partial charge < -0.3 is 10.2 Å². The molecule has 0 saturated carbocycles. The molecule has 2 nitrogen and oxygen atoms in total. The van der Waals surface area contributed by atoms with Crippen LogP contribution in [0.5, 0.6) is 0 Å². The molecule has 1 N–H and O–H groups in total. The van der Waals surface area contributed by atoms with Gasteiger partial charge in [-0.3, -0.25) is 0 Å². The van der Waals surface area contributed by atoms with Crippen LogP contribution in [0.4, 0.5) is 14.5 Å². The van der Waals surface area contributed by atoms with E-state index in [1.54, 1.807) is 0 Å². The van der Waals surface area contributed by atoms with Gasteiger partial charge in [-0.2, -0.15) is 0 Å². The van der Waals surface area contributed by atoms with Crippen LogP contribution in [0.1, 0.15) is 20.3 Å². The smallest absolute Gasteiger partial charge is 0.149 e. The van der Waals surface area contributed by atoms with Crippen molar-refractivity contribution in [2.75, 3.05) is 18.0 Å². The molecule has 0 aromatic heterocycles. The van der Waals surface area contributed by atoms with Crippen molar-refractivity contribution in [2.24, 2.45) is 0 Å². The number of nitrogens with one attached hydrogen (secondary N) is 1. The van der Waals surface area contributed by atoms with Gasteiger partial charge in [-0.1, -0.05) is 6.92 Å². The summed E-state index contributed by atoms with van der Waals surface area (Å²) in [7, 11) is 0. The maximum Gasteiger partial charge on any atom is 0.149 e. The predicted molar refractivity (Wildman–Crippen MR) is 72.9 cm³/mol. The summed E-state index contributed by atoms with van der Waals surface area (Å²) in [5.74, 6) is -1.06. The maximum absolute atomic E-state index is 13.9. The largest absolute Gasteiger partial charge is 0.363 e. The van der Waals surface area contributed by atoms with E-state index >= 15 is 0 Å². The molecule has 0 spiro atoms. The summed E-state index contributed by atoms with van der Waals surface area (Å²) in [4.78, 5) is 2.03. The van der Waals surface area contributed by atoms with Crippen LogP contribution in [-0.2, 0) is 0 Å². The van der Waals surface area contributed by atoms with E-state index in [0.717, 1.165) is 25.6 Å². The lowest BCUT2D eigenvalue weighted by molar-refractivity contribution is 0.398. The monoisotopic (exact) mass is 318 g/mol. The second-order valence-corrected chi connectivity index (χ2v) is 5.60. The van der Waals surface area contributed by atoms with Crippen LogP contribution in [0.15, 0.2) is 16.6 Å². The predicted octanol–water partition coefficient (Wildman–Crippen LogP) is 3.30. The molecule has 100 valence electrons. The molecule has 1 aromatic carbocycles. The third kappa shape index (κ3) is 2.67. The Morgan fingerprint density at radius 3 is 2.78 bits per heavy atom. The summed E-state index contributed by atoms with van der Waals surface area (Å²) < 4.78 is 27.5. The molecule has 1 aliphatic heterocycles. The van der Waals surface area contributed by atoms with Crippen molar-refractivity contribution >= 4 is 21.6 Å². The summed E-state index contributed by atoms with van der Waals surface area (Å²) in [5.41, 5.74) is 0.475. The van der Waals surface area contributed by atoms with Crippen LogP contribution < -0.4 is 10.2 Å². The molecule has 2 atom stereocenters. The molecule has 1 aromatic rings. The lowest BCUT2D eigenvalue weighted by atomic mass is 10.1. The number of hydrogen-bond donors (Lipinski definition) is 1. The number of rotatable bonds is 2. The maximum atomic E-state index is 13.9. The summed E-state index contributed by atoms with van der Waals surface area (Å²) in [5, 5.41) is 3.38. The second-order valence-electron chi connectivity index (χ2n) is 4.74. The van der Waals surface area contributed by atoms with E-state index in [-0.39, 0.29) is 6.04 Å². The SMILES string of the molecule is CCC1CNC(C)CN1c1cc(Br)c(F)cc1F. The van der Waals surface area contributed by atoms with Crippen molar-refractivity contribution in [3.8, 4) is 0 Å². The van der Waals surface area contributed by atoms with E-state index in [1.807, 2.05) is 4.90 Å². The molecule has 1 aliphatic rings. The van der Waals surface area contributed by atoms with Crippen molar-refractivity contribution in [3.05, 3.63) is 28.2 Å². The number of nitrogens with zero attached hydrogens (tertiary/aromatic N) is 1. The Labute approximate surface area is 114 Å². The van der Waals surface area contributed by atoms with Gasteiger partial charge in [0.15, 0.2) is 0 Å². The van der Waals surface area contributed by atoms with Crippen LogP contribution in [0.25, 0.3) is 0 Å². The van der Waals surface area contributed by atoms with E-state index in [1.165, 1.54) is 6.07 Å². The van der Waals surface area contributed by atoms with E-state index in [4.69, 9.17) is 0 Å². The van der Waals surface area contributed by atoms with Gasteiger partial charge in [-0.15, -0.1) is 0 Å². The van der Waals surface area contributed by atoms with Gasteiger partial charge >= 0.3 is 0 Å². The van der Waals surface area contributed by atoms with Gasteiger partial charge in [0.2, 0.25) is 0 Å². The average Bonchev–Trinajstić information content (AvgIpc) is 2.34. The molecule has 1 heterocycles. The number of halogens is 3. The topological polar surface area (TPSA) is 15.3 Å². The first-order valence-corrected chi connectivity index (χ1v) is 6.96. The van der Waals surface area contributed by atoms with Crippen molar-refractivity contribution < 1.29 is 8.78 Å². The normalized spacial score (nSPS) is 24.4. The second kappa shape index (κ2) is 5.53. The molecular formula is C13H17BrF2N2. The Kier molecular flexibility index (Phi) is 4.22. The number of benzene rings is 1. The molecule has 0 amide bonds. The van der Waals surface area contributed by atoms with Crippen molar-refractivity contribution in [3.63, 3.8) is 0 Å². The van der Waals surface area contributed by atoms with Crippen molar-refractivity contribution in [1.29, 1.82) is 0 Å². The Balaban J connectivity index is 2.36. The highest BCUT2D eigenvalue weighted by molar-refractivity contribution is 9.10. The number of piperazine rings is 1. The number of hydrogen-bond acceptors (Lipinski definition) is 2. The summed E-state index contributed by atoms with van der Waals surface area (Å²) in [6.07, 6.45) is 0.925. The zero-order valence-electron chi connectivity index (χ0n) is 10.5. The number of anilines is 1. The standard InChI is InChI=1S/C13H17BrF2N2/c1-3-9-6-17-8(2)7-18(9)13-4-10(14)11(15)5-12(13)16/h4-5,8-9,17H,3,6-7H2,1-2H3. The minimum absolute atomic E-state index is 0.244. The van der Waals surface area contributed by atoms with Gasteiger partial charge in [0.25, 0.3) is 0 Å². The summed E-state index contributed by atoms with van der Waals surface area (Å²) >= 11 is 3.12. The molecule has 0 bridgehead atoms. The molecular weight excluding hydrogens is 302 g/mol. The molecule has 2 rings (SSSR count). The minimum Gasteiger partial charge on any atom is -0.363 e. The van der Waals surface area contributed by atoms with Gasteiger partial charge in [-0.05, 0) is 35.3 Å². The first-order valence-electron chi connectivity index (χ1n) is 6.17. The van der Waals surface area contributed by atoms with E-state index in [0.29, 0.717) is 16.2 Å². The van der Waals surface area contributed by atoms with Crippen LogP contribution in [0.3, 0.4) is 0 Å². The Morgan fingerprint density at radius 2 is 2.11 bits per heavy atom. The first-order chi connectivity index (χ1) is 8.52. The molecule has 5 heteroatoms. The average molecular weight is 319 g/mol. The third-order valence-corrected chi connectivity index (χ3v) is 3.99. The lowest BCUT2D eigenvalue weighted by Gasteiger charge is -2.40. The fraction of sp³-hybridized carbons (Fsp3) is 0.538. The van der Waals surface area contributed by atoms with E-state index in [9.17, 15) is 8.78 Å². The highest BCUT2D eigenvalue weighted by Crippen LogP contribution is 2.29. The van der Waals surface area contributed by atoms with Gasteiger partial charge in [0, 0.05) is 31.2 Å². The fourth-order valence-corrected chi connectivity index (χ4v) is 2.68. The highest BCUT2D eigenvalue weighted by atomic mass is 79.9. The van der Waals surface area contributed by atoms with Crippen LogP contribution in [0, 0.1) is 11.6 Å². The fourth-order valence-electron chi connectivity index (χ4n) is 2.35. The summed E-state index contributed by atoms with van der Waals surface area (Å²) in [6.45, 7) is 5.70. The Hall–Kier alpha value is -0.680. The molecule has 1 fully saturated rings. The zero-order valence-corrected chi connectivity index (χ0v) is 12.1. The van der Waals surface area contributed by atoms with Crippen LogP contribution in [-0.4, -0.2) is 25.2 Å². The molecule has 0 radical (unpaired) electrons. The van der Waals surface area contributed by atoms with E-state index in [2.05, 4.69) is 35.1 Å². The highest BCUT2D eigenvalue weighted by Gasteiger charge is 2.27. The molecule has 1 saturated heterocycles. The van der Waals surface area contributed by atoms with Crippen molar-refractivity contribution in [1.82, 2.24) is 5.32 Å². The molecule has 0 aliphatic carbocycles. The first kappa shape index (κ1) is 13.7. The zero-order chi connectivity index (χ0) is 13.3. The Bertz CT molecular complexity index is 439. The lowest BCUT2D eigenvalue weighted by Crippen LogP contribution is -2.55. The van der Waals surface area contributed by atoms with Gasteiger partial charge in [0.05, 0.1) is 10.2 Å². The van der Waals surface area contributed by atoms with Crippen LogP contribution in [0.2, 0.25) is 0 Å². The van der Waals surface area contributed by atoms with Gasteiger partial charge in [-0.25, -0.2) is 8.78 Å². The third-order valence-electron chi connectivity index (χ3n) is 3.38. The van der Waals surface area contributed by atoms with Crippen LogP contribution >= 0.6 is 15.9 Å².